The van der Waals surface area contributed by atoms with Crippen LogP contribution in [0.5, 0.6) is 0 Å². The third-order valence-corrected chi connectivity index (χ3v) is 6.65. The summed E-state index contributed by atoms with van der Waals surface area (Å²) in [6, 6.07) is 10.8. The van der Waals surface area contributed by atoms with E-state index in [2.05, 4.69) is 10.2 Å². The second kappa shape index (κ2) is 11.4. The fourth-order valence-electron chi connectivity index (χ4n) is 4.60. The van der Waals surface area contributed by atoms with Crippen molar-refractivity contribution in [3.63, 3.8) is 0 Å². The molecule has 0 bridgehead atoms. The van der Waals surface area contributed by atoms with Crippen LogP contribution in [-0.2, 0) is 11.2 Å². The molecule has 0 saturated carbocycles. The smallest absolute Gasteiger partial charge is 0.256 e. The van der Waals surface area contributed by atoms with Gasteiger partial charge in [-0.15, -0.1) is 0 Å². The van der Waals surface area contributed by atoms with Crippen LogP contribution in [-0.4, -0.2) is 97.0 Å². The Morgan fingerprint density at radius 3 is 2.19 bits per heavy atom. The summed E-state index contributed by atoms with van der Waals surface area (Å²) in [5, 5.41) is 11.7. The number of halogens is 1. The van der Waals surface area contributed by atoms with Gasteiger partial charge in [-0.25, -0.2) is 4.39 Å². The zero-order valence-corrected chi connectivity index (χ0v) is 20.1. The number of piperazine rings is 2. The van der Waals surface area contributed by atoms with Crippen molar-refractivity contribution in [2.75, 3.05) is 58.9 Å². The number of carbonyl (C=O) groups excluding carboxylic acids is 3. The molecule has 0 atom stereocenters. The normalized spacial score (nSPS) is 16.6. The minimum absolute atomic E-state index is 0.0481. The SMILES string of the molecule is N=C(Cc1ccc(F)c(C(=O)N2CCN(C(=O)CN3CCNCC3)CC2)c1)c1ccccc1C(N)=O. The highest BCUT2D eigenvalue weighted by Gasteiger charge is 2.27. The Balaban J connectivity index is 1.38. The molecule has 2 heterocycles. The first kappa shape index (κ1) is 25.5. The molecule has 2 fully saturated rings. The van der Waals surface area contributed by atoms with E-state index < -0.39 is 17.6 Å². The number of nitrogens with one attached hydrogen (secondary N) is 2. The maximum atomic E-state index is 14.6. The molecule has 9 nitrogen and oxygen atoms in total. The lowest BCUT2D eigenvalue weighted by Gasteiger charge is -2.36. The summed E-state index contributed by atoms with van der Waals surface area (Å²) in [6.07, 6.45) is 0.110. The Kier molecular flexibility index (Phi) is 8.07. The maximum Gasteiger partial charge on any atom is 0.256 e. The molecule has 0 radical (unpaired) electrons. The fraction of sp³-hybridized carbons (Fsp3) is 0.385. The second-order valence-electron chi connectivity index (χ2n) is 9.08. The Hall–Kier alpha value is -3.63. The van der Waals surface area contributed by atoms with Gasteiger partial charge in [0.1, 0.15) is 5.82 Å². The van der Waals surface area contributed by atoms with Gasteiger partial charge in [0.25, 0.3) is 5.91 Å². The molecule has 0 aromatic heterocycles. The number of rotatable bonds is 7. The molecule has 4 N–H and O–H groups in total. The Morgan fingerprint density at radius 2 is 1.53 bits per heavy atom. The first-order chi connectivity index (χ1) is 17.3. The van der Waals surface area contributed by atoms with Crippen LogP contribution in [0.15, 0.2) is 42.5 Å². The molecule has 0 unspecified atom stereocenters. The van der Waals surface area contributed by atoms with E-state index in [1.807, 2.05) is 0 Å². The van der Waals surface area contributed by atoms with E-state index in [1.165, 1.54) is 18.2 Å². The molecule has 0 spiro atoms. The number of amides is 3. The third kappa shape index (κ3) is 5.95. The van der Waals surface area contributed by atoms with E-state index >= 15 is 0 Å². The van der Waals surface area contributed by atoms with Crippen molar-refractivity contribution in [3.05, 3.63) is 70.5 Å². The van der Waals surface area contributed by atoms with Crippen molar-refractivity contribution in [1.82, 2.24) is 20.0 Å². The van der Waals surface area contributed by atoms with Gasteiger partial charge in [-0.05, 0) is 23.8 Å². The summed E-state index contributed by atoms with van der Waals surface area (Å²) in [4.78, 5) is 42.9. The van der Waals surface area contributed by atoms with Crippen molar-refractivity contribution in [1.29, 1.82) is 5.41 Å². The van der Waals surface area contributed by atoms with Crippen LogP contribution in [0.2, 0.25) is 0 Å². The number of nitrogens with two attached hydrogens (primary N) is 1. The second-order valence-corrected chi connectivity index (χ2v) is 9.08. The number of carbonyl (C=O) groups is 3. The summed E-state index contributed by atoms with van der Waals surface area (Å²) in [5.74, 6) is -1.65. The van der Waals surface area contributed by atoms with Crippen LogP contribution in [0.25, 0.3) is 0 Å². The van der Waals surface area contributed by atoms with Crippen molar-refractivity contribution < 1.29 is 18.8 Å². The number of primary amides is 1. The number of benzene rings is 2. The summed E-state index contributed by atoms with van der Waals surface area (Å²) < 4.78 is 14.6. The van der Waals surface area contributed by atoms with Crippen LogP contribution < -0.4 is 11.1 Å². The molecule has 3 amide bonds. The zero-order chi connectivity index (χ0) is 25.7. The van der Waals surface area contributed by atoms with E-state index in [4.69, 9.17) is 11.1 Å². The molecule has 10 heteroatoms. The molecule has 2 aromatic carbocycles. The van der Waals surface area contributed by atoms with Gasteiger partial charge in [0, 0.05) is 75.6 Å². The predicted octanol–water partition coefficient (Wildman–Crippen LogP) is 0.725. The van der Waals surface area contributed by atoms with Gasteiger partial charge < -0.3 is 26.3 Å². The van der Waals surface area contributed by atoms with E-state index in [0.717, 1.165) is 26.2 Å². The molecule has 2 saturated heterocycles. The Bertz CT molecular complexity index is 1160. The lowest BCUT2D eigenvalue weighted by Crippen LogP contribution is -2.54. The van der Waals surface area contributed by atoms with Gasteiger partial charge in [0.15, 0.2) is 0 Å². The molecular weight excluding hydrogens is 463 g/mol. The number of hydrogen-bond donors (Lipinski definition) is 3. The lowest BCUT2D eigenvalue weighted by molar-refractivity contribution is -0.134. The molecule has 36 heavy (non-hydrogen) atoms. The van der Waals surface area contributed by atoms with Gasteiger partial charge in [-0.3, -0.25) is 19.3 Å². The van der Waals surface area contributed by atoms with Crippen molar-refractivity contribution >= 4 is 23.4 Å². The zero-order valence-electron chi connectivity index (χ0n) is 20.1. The minimum Gasteiger partial charge on any atom is -0.366 e. The van der Waals surface area contributed by atoms with Crippen LogP contribution in [0, 0.1) is 11.2 Å². The molecule has 2 aromatic rings. The van der Waals surface area contributed by atoms with Crippen molar-refractivity contribution in [2.45, 2.75) is 6.42 Å². The van der Waals surface area contributed by atoms with Crippen molar-refractivity contribution in [3.8, 4) is 0 Å². The highest BCUT2D eigenvalue weighted by molar-refractivity contribution is 6.09. The summed E-state index contributed by atoms with van der Waals surface area (Å²) in [5.41, 5.74) is 6.73. The first-order valence-corrected chi connectivity index (χ1v) is 12.1. The van der Waals surface area contributed by atoms with Gasteiger partial charge in [-0.2, -0.15) is 0 Å². The Morgan fingerprint density at radius 1 is 0.889 bits per heavy atom. The van der Waals surface area contributed by atoms with Crippen LogP contribution in [0.1, 0.15) is 31.8 Å². The van der Waals surface area contributed by atoms with E-state index in [-0.39, 0.29) is 29.2 Å². The van der Waals surface area contributed by atoms with Crippen molar-refractivity contribution in [2.24, 2.45) is 5.73 Å². The molecule has 2 aliphatic heterocycles. The fourth-order valence-corrected chi connectivity index (χ4v) is 4.60. The van der Waals surface area contributed by atoms with Crippen LogP contribution in [0.4, 0.5) is 4.39 Å². The average Bonchev–Trinajstić information content (AvgIpc) is 2.90. The molecule has 4 rings (SSSR count). The van der Waals surface area contributed by atoms with Gasteiger partial charge >= 0.3 is 0 Å². The quantitative estimate of drug-likeness (QED) is 0.490. The van der Waals surface area contributed by atoms with E-state index in [0.29, 0.717) is 43.9 Å². The number of hydrogen-bond acceptors (Lipinski definition) is 6. The third-order valence-electron chi connectivity index (χ3n) is 6.65. The van der Waals surface area contributed by atoms with E-state index in [9.17, 15) is 18.8 Å². The van der Waals surface area contributed by atoms with Crippen LogP contribution >= 0.6 is 0 Å². The maximum absolute atomic E-state index is 14.6. The molecule has 0 aliphatic carbocycles. The summed E-state index contributed by atoms with van der Waals surface area (Å²) in [7, 11) is 0. The summed E-state index contributed by atoms with van der Waals surface area (Å²) >= 11 is 0. The standard InChI is InChI=1S/C26H31FN6O3/c27-22-6-5-18(16-23(28)19-3-1-2-4-20(19)25(29)35)15-21(22)26(36)33-13-11-32(12-14-33)24(34)17-31-9-7-30-8-10-31/h1-6,15,28,30H,7-14,16-17H2,(H2,29,35). The Labute approximate surface area is 209 Å². The predicted molar refractivity (Wildman–Crippen MR) is 134 cm³/mol. The van der Waals surface area contributed by atoms with Gasteiger partial charge in [0.05, 0.1) is 12.1 Å². The molecule has 190 valence electrons. The minimum atomic E-state index is -0.634. The summed E-state index contributed by atoms with van der Waals surface area (Å²) in [6.45, 7) is 5.27. The highest BCUT2D eigenvalue weighted by atomic mass is 19.1. The number of nitrogens with zero attached hydrogens (tertiary/aromatic N) is 3. The van der Waals surface area contributed by atoms with Gasteiger partial charge in [-0.1, -0.05) is 24.3 Å². The highest BCUT2D eigenvalue weighted by Crippen LogP contribution is 2.18. The molecular formula is C26H31FN6O3. The van der Waals surface area contributed by atoms with E-state index in [1.54, 1.807) is 34.1 Å². The topological polar surface area (TPSA) is 123 Å². The van der Waals surface area contributed by atoms with Gasteiger partial charge in [0.2, 0.25) is 11.8 Å². The largest absolute Gasteiger partial charge is 0.366 e. The lowest BCUT2D eigenvalue weighted by atomic mass is 9.96. The monoisotopic (exact) mass is 494 g/mol. The molecule has 2 aliphatic rings. The average molecular weight is 495 g/mol. The first-order valence-electron chi connectivity index (χ1n) is 12.1. The van der Waals surface area contributed by atoms with Crippen LogP contribution in [0.3, 0.4) is 0 Å².